The summed E-state index contributed by atoms with van der Waals surface area (Å²) in [4.78, 5) is 2.12. The quantitative estimate of drug-likeness (QED) is 0.542. The van der Waals surface area contributed by atoms with E-state index in [1.165, 1.54) is 0 Å². The van der Waals surface area contributed by atoms with Crippen LogP contribution in [0.3, 0.4) is 0 Å². The van der Waals surface area contributed by atoms with Gasteiger partial charge >= 0.3 is 0 Å². The van der Waals surface area contributed by atoms with Crippen molar-refractivity contribution in [1.29, 1.82) is 0 Å². The third-order valence-corrected chi connectivity index (χ3v) is 2.44. The molecule has 0 unspecified atom stereocenters. The maximum absolute atomic E-state index is 5.52. The van der Waals surface area contributed by atoms with Crippen molar-refractivity contribution in [2.24, 2.45) is 0 Å². The van der Waals surface area contributed by atoms with E-state index >= 15 is 0 Å². The van der Waals surface area contributed by atoms with Gasteiger partial charge in [0.15, 0.2) is 0 Å². The molecule has 0 saturated carbocycles. The molecule has 0 spiro atoms. The van der Waals surface area contributed by atoms with Crippen LogP contribution in [0.4, 0.5) is 5.69 Å². The number of methoxy groups -OCH3 is 1. The van der Waals surface area contributed by atoms with E-state index < -0.39 is 0 Å². The molecule has 0 saturated heterocycles. The second-order valence-electron chi connectivity index (χ2n) is 3.42. The van der Waals surface area contributed by atoms with Crippen molar-refractivity contribution in [1.82, 2.24) is 0 Å². The number of anilines is 1. The molecular weight excluding hydrogens is 226 g/mol. The monoisotopic (exact) mass is 243 g/mol. The van der Waals surface area contributed by atoms with Crippen molar-refractivity contribution in [3.63, 3.8) is 0 Å². The standard InChI is InChI=1S/C12H18ClNO2/c1-14(7-9-16-8-6-13)11-4-3-5-12(10-11)15-2/h3-5,10H,6-9H2,1-2H3. The van der Waals surface area contributed by atoms with Crippen LogP contribution in [0.25, 0.3) is 0 Å². The largest absolute Gasteiger partial charge is 0.497 e. The summed E-state index contributed by atoms with van der Waals surface area (Å²) < 4.78 is 10.5. The van der Waals surface area contributed by atoms with E-state index in [-0.39, 0.29) is 0 Å². The van der Waals surface area contributed by atoms with Gasteiger partial charge in [-0.25, -0.2) is 0 Å². The van der Waals surface area contributed by atoms with Crippen molar-refractivity contribution >= 4 is 17.3 Å². The Labute approximate surface area is 102 Å². The van der Waals surface area contributed by atoms with Crippen molar-refractivity contribution in [2.45, 2.75) is 0 Å². The van der Waals surface area contributed by atoms with Crippen LogP contribution >= 0.6 is 11.6 Å². The van der Waals surface area contributed by atoms with Crippen LogP contribution in [0.1, 0.15) is 0 Å². The van der Waals surface area contributed by atoms with Gasteiger partial charge in [0.25, 0.3) is 0 Å². The molecule has 0 heterocycles. The number of nitrogens with zero attached hydrogens (tertiary/aromatic N) is 1. The first-order valence-electron chi connectivity index (χ1n) is 5.27. The van der Waals surface area contributed by atoms with Crippen LogP contribution in [0.5, 0.6) is 5.75 Å². The lowest BCUT2D eigenvalue weighted by Gasteiger charge is -2.19. The van der Waals surface area contributed by atoms with Gasteiger partial charge in [-0.3, -0.25) is 0 Å². The Morgan fingerprint density at radius 2 is 2.12 bits per heavy atom. The molecule has 0 aliphatic heterocycles. The minimum Gasteiger partial charge on any atom is -0.497 e. The van der Waals surface area contributed by atoms with Crippen LogP contribution in [-0.4, -0.2) is 39.8 Å². The van der Waals surface area contributed by atoms with Gasteiger partial charge in [-0.2, -0.15) is 0 Å². The average Bonchev–Trinajstić information content (AvgIpc) is 2.34. The van der Waals surface area contributed by atoms with Crippen molar-refractivity contribution in [3.05, 3.63) is 24.3 Å². The first kappa shape index (κ1) is 13.1. The van der Waals surface area contributed by atoms with Gasteiger partial charge < -0.3 is 14.4 Å². The zero-order chi connectivity index (χ0) is 11.8. The molecule has 0 fully saturated rings. The number of benzene rings is 1. The predicted octanol–water partition coefficient (Wildman–Crippen LogP) is 2.39. The van der Waals surface area contributed by atoms with Gasteiger partial charge in [0.1, 0.15) is 5.75 Å². The molecule has 0 aliphatic carbocycles. The highest BCUT2D eigenvalue weighted by atomic mass is 35.5. The Morgan fingerprint density at radius 1 is 1.31 bits per heavy atom. The van der Waals surface area contributed by atoms with E-state index in [1.807, 2.05) is 31.3 Å². The molecule has 0 amide bonds. The number of rotatable bonds is 7. The third-order valence-electron chi connectivity index (χ3n) is 2.29. The lowest BCUT2D eigenvalue weighted by Crippen LogP contribution is -2.22. The number of alkyl halides is 1. The summed E-state index contributed by atoms with van der Waals surface area (Å²) in [5, 5.41) is 0. The second kappa shape index (κ2) is 7.36. The molecule has 1 aromatic carbocycles. The Bertz CT molecular complexity index is 307. The van der Waals surface area contributed by atoms with Gasteiger partial charge in [-0.15, -0.1) is 11.6 Å². The maximum atomic E-state index is 5.52. The number of hydrogen-bond donors (Lipinski definition) is 0. The van der Waals surface area contributed by atoms with Gasteiger partial charge in [0.2, 0.25) is 0 Å². The SMILES string of the molecule is COc1cccc(N(C)CCOCCCl)c1. The van der Waals surface area contributed by atoms with E-state index in [0.29, 0.717) is 19.1 Å². The summed E-state index contributed by atoms with van der Waals surface area (Å²) in [6.45, 7) is 2.12. The van der Waals surface area contributed by atoms with Crippen LogP contribution in [-0.2, 0) is 4.74 Å². The zero-order valence-corrected chi connectivity index (χ0v) is 10.5. The molecule has 4 heteroatoms. The summed E-state index contributed by atoms with van der Waals surface area (Å²) in [6, 6.07) is 7.96. The summed E-state index contributed by atoms with van der Waals surface area (Å²) >= 11 is 5.52. The van der Waals surface area contributed by atoms with E-state index in [4.69, 9.17) is 21.1 Å². The van der Waals surface area contributed by atoms with Crippen LogP contribution in [0, 0.1) is 0 Å². The van der Waals surface area contributed by atoms with Gasteiger partial charge in [-0.05, 0) is 12.1 Å². The fraction of sp³-hybridized carbons (Fsp3) is 0.500. The van der Waals surface area contributed by atoms with Crippen molar-refractivity contribution in [3.8, 4) is 5.75 Å². The summed E-state index contributed by atoms with van der Waals surface area (Å²) in [5.74, 6) is 1.41. The van der Waals surface area contributed by atoms with Crippen molar-refractivity contribution < 1.29 is 9.47 Å². The van der Waals surface area contributed by atoms with Crippen molar-refractivity contribution in [2.75, 3.05) is 44.7 Å². The van der Waals surface area contributed by atoms with E-state index in [2.05, 4.69) is 4.90 Å². The summed E-state index contributed by atoms with van der Waals surface area (Å²) in [6.07, 6.45) is 0. The number of hydrogen-bond acceptors (Lipinski definition) is 3. The molecule has 0 radical (unpaired) electrons. The Balaban J connectivity index is 2.42. The van der Waals surface area contributed by atoms with Gasteiger partial charge in [-0.1, -0.05) is 6.07 Å². The molecule has 1 aromatic rings. The summed E-state index contributed by atoms with van der Waals surface area (Å²) in [5.41, 5.74) is 1.12. The smallest absolute Gasteiger partial charge is 0.120 e. The van der Waals surface area contributed by atoms with Crippen LogP contribution in [0.2, 0.25) is 0 Å². The second-order valence-corrected chi connectivity index (χ2v) is 3.80. The molecule has 0 bridgehead atoms. The van der Waals surface area contributed by atoms with E-state index in [0.717, 1.165) is 18.0 Å². The van der Waals surface area contributed by atoms with Gasteiger partial charge in [0.05, 0.1) is 20.3 Å². The average molecular weight is 244 g/mol. The Kier molecular flexibility index (Phi) is 6.04. The van der Waals surface area contributed by atoms with E-state index in [9.17, 15) is 0 Å². The highest BCUT2D eigenvalue weighted by Gasteiger charge is 2.01. The molecule has 1 rings (SSSR count). The predicted molar refractivity (Wildman–Crippen MR) is 67.8 cm³/mol. The highest BCUT2D eigenvalue weighted by Crippen LogP contribution is 2.19. The fourth-order valence-electron chi connectivity index (χ4n) is 1.34. The molecular formula is C12H18ClNO2. The highest BCUT2D eigenvalue weighted by molar-refractivity contribution is 6.17. The Hall–Kier alpha value is -0.930. The number of halogens is 1. The summed E-state index contributed by atoms with van der Waals surface area (Å²) in [7, 11) is 3.70. The number of ether oxygens (including phenoxy) is 2. The molecule has 16 heavy (non-hydrogen) atoms. The first-order chi connectivity index (χ1) is 7.77. The molecule has 0 atom stereocenters. The zero-order valence-electron chi connectivity index (χ0n) is 9.78. The van der Waals surface area contributed by atoms with Gasteiger partial charge in [0, 0.05) is 31.2 Å². The third kappa shape index (κ3) is 4.29. The lowest BCUT2D eigenvalue weighted by atomic mass is 10.3. The first-order valence-corrected chi connectivity index (χ1v) is 5.80. The normalized spacial score (nSPS) is 10.2. The van der Waals surface area contributed by atoms with Crippen LogP contribution < -0.4 is 9.64 Å². The minimum atomic E-state index is 0.545. The number of likely N-dealkylation sites (N-methyl/N-ethyl adjacent to an activating group) is 1. The molecule has 90 valence electrons. The molecule has 0 N–H and O–H groups in total. The maximum Gasteiger partial charge on any atom is 0.120 e. The Morgan fingerprint density at radius 3 is 2.81 bits per heavy atom. The van der Waals surface area contributed by atoms with Crippen LogP contribution in [0.15, 0.2) is 24.3 Å². The molecule has 3 nitrogen and oxygen atoms in total. The minimum absolute atomic E-state index is 0.545. The topological polar surface area (TPSA) is 21.7 Å². The fourth-order valence-corrected chi connectivity index (χ4v) is 1.44. The lowest BCUT2D eigenvalue weighted by molar-refractivity contribution is 0.156. The molecule has 0 aromatic heterocycles. The molecule has 0 aliphatic rings. The van der Waals surface area contributed by atoms with E-state index in [1.54, 1.807) is 7.11 Å².